The van der Waals surface area contributed by atoms with Crippen LogP contribution in [0.1, 0.15) is 16.7 Å². The van der Waals surface area contributed by atoms with E-state index in [9.17, 15) is 9.59 Å². The minimum absolute atomic E-state index is 0.194. The van der Waals surface area contributed by atoms with E-state index in [0.717, 1.165) is 28.5 Å². The van der Waals surface area contributed by atoms with Crippen molar-refractivity contribution in [1.82, 2.24) is 4.90 Å². The number of benzene rings is 3. The Kier molecular flexibility index (Phi) is 7.28. The molecule has 168 valence electrons. The predicted molar refractivity (Wildman–Crippen MR) is 132 cm³/mol. The van der Waals surface area contributed by atoms with Crippen LogP contribution in [0.2, 0.25) is 10.0 Å². The summed E-state index contributed by atoms with van der Waals surface area (Å²) in [4.78, 5) is 26.8. The molecule has 0 bridgehead atoms. The number of amides is 2. The van der Waals surface area contributed by atoms with E-state index in [4.69, 9.17) is 32.7 Å². The first-order valence-corrected chi connectivity index (χ1v) is 11.6. The number of carbonyl (C=O) groups excluding carboxylic acids is 2. The maximum absolute atomic E-state index is 12.8. The van der Waals surface area contributed by atoms with E-state index in [1.165, 1.54) is 4.90 Å². The SMILES string of the molecule is COc1cc(/C=C2\SC(=O)N(Cc3ccc(Cl)cc3)C2=O)ccc1OCc1ccc(Cl)cc1. The summed E-state index contributed by atoms with van der Waals surface area (Å²) in [5.74, 6) is 0.764. The van der Waals surface area contributed by atoms with Crippen molar-refractivity contribution in [2.24, 2.45) is 0 Å². The summed E-state index contributed by atoms with van der Waals surface area (Å²) in [5.41, 5.74) is 2.52. The molecule has 3 aromatic rings. The van der Waals surface area contributed by atoms with Gasteiger partial charge in [0, 0.05) is 10.0 Å². The van der Waals surface area contributed by atoms with Crippen LogP contribution < -0.4 is 9.47 Å². The summed E-state index contributed by atoms with van der Waals surface area (Å²) in [6.07, 6.45) is 1.68. The van der Waals surface area contributed by atoms with E-state index < -0.39 is 0 Å². The molecule has 0 aliphatic carbocycles. The smallest absolute Gasteiger partial charge is 0.293 e. The number of carbonyl (C=O) groups is 2. The molecule has 2 amide bonds. The molecule has 1 heterocycles. The third-order valence-electron chi connectivity index (χ3n) is 4.92. The quantitative estimate of drug-likeness (QED) is 0.334. The van der Waals surface area contributed by atoms with E-state index >= 15 is 0 Å². The Hall–Kier alpha value is -2.93. The van der Waals surface area contributed by atoms with Crippen LogP contribution in [0.25, 0.3) is 6.08 Å². The summed E-state index contributed by atoms with van der Waals surface area (Å²) in [6.45, 7) is 0.552. The Morgan fingerprint density at radius 1 is 0.879 bits per heavy atom. The molecule has 3 aromatic carbocycles. The average molecular weight is 500 g/mol. The van der Waals surface area contributed by atoms with Crippen molar-refractivity contribution < 1.29 is 19.1 Å². The van der Waals surface area contributed by atoms with Crippen molar-refractivity contribution >= 4 is 52.2 Å². The van der Waals surface area contributed by atoms with Gasteiger partial charge in [0.15, 0.2) is 11.5 Å². The van der Waals surface area contributed by atoms with Gasteiger partial charge in [0.2, 0.25) is 0 Å². The number of hydrogen-bond acceptors (Lipinski definition) is 5. The van der Waals surface area contributed by atoms with E-state index in [1.54, 1.807) is 61.7 Å². The lowest BCUT2D eigenvalue weighted by Crippen LogP contribution is -2.27. The van der Waals surface area contributed by atoms with E-state index in [0.29, 0.717) is 33.1 Å². The number of hydrogen-bond donors (Lipinski definition) is 0. The molecular weight excluding hydrogens is 481 g/mol. The van der Waals surface area contributed by atoms with E-state index in [2.05, 4.69) is 0 Å². The number of thioether (sulfide) groups is 1. The Morgan fingerprint density at radius 3 is 2.15 bits per heavy atom. The van der Waals surface area contributed by atoms with Crippen LogP contribution in [0, 0.1) is 0 Å². The van der Waals surface area contributed by atoms with Crippen molar-refractivity contribution in [1.29, 1.82) is 0 Å². The van der Waals surface area contributed by atoms with Crippen LogP contribution in [-0.2, 0) is 17.9 Å². The lowest BCUT2D eigenvalue weighted by molar-refractivity contribution is -0.123. The van der Waals surface area contributed by atoms with Gasteiger partial charge >= 0.3 is 0 Å². The van der Waals surface area contributed by atoms with Crippen LogP contribution in [0.4, 0.5) is 4.79 Å². The number of halogens is 2. The Labute approximate surface area is 205 Å². The maximum Gasteiger partial charge on any atom is 0.293 e. The van der Waals surface area contributed by atoms with Gasteiger partial charge in [-0.25, -0.2) is 0 Å². The fourth-order valence-electron chi connectivity index (χ4n) is 3.19. The third kappa shape index (κ3) is 5.71. The Bertz CT molecular complexity index is 1210. The van der Waals surface area contributed by atoms with Gasteiger partial charge in [-0.3, -0.25) is 14.5 Å². The largest absolute Gasteiger partial charge is 0.493 e. The zero-order chi connectivity index (χ0) is 23.4. The van der Waals surface area contributed by atoms with Crippen molar-refractivity contribution in [2.45, 2.75) is 13.2 Å². The highest BCUT2D eigenvalue weighted by molar-refractivity contribution is 8.18. The first kappa shape index (κ1) is 23.2. The Morgan fingerprint density at radius 2 is 1.52 bits per heavy atom. The van der Waals surface area contributed by atoms with Gasteiger partial charge in [-0.2, -0.15) is 0 Å². The van der Waals surface area contributed by atoms with Crippen molar-refractivity contribution in [3.05, 3.63) is 98.4 Å². The highest BCUT2D eigenvalue weighted by atomic mass is 35.5. The molecule has 33 heavy (non-hydrogen) atoms. The molecule has 1 fully saturated rings. The molecule has 1 aliphatic heterocycles. The monoisotopic (exact) mass is 499 g/mol. The minimum Gasteiger partial charge on any atom is -0.493 e. The van der Waals surface area contributed by atoms with Crippen LogP contribution >= 0.6 is 35.0 Å². The van der Waals surface area contributed by atoms with E-state index in [1.807, 2.05) is 18.2 Å². The summed E-state index contributed by atoms with van der Waals surface area (Å²) >= 11 is 12.7. The molecule has 0 radical (unpaired) electrons. The van der Waals surface area contributed by atoms with Crippen LogP contribution in [0.15, 0.2) is 71.6 Å². The fraction of sp³-hybridized carbons (Fsp3) is 0.120. The minimum atomic E-state index is -0.331. The second-order valence-corrected chi connectivity index (χ2v) is 9.09. The van der Waals surface area contributed by atoms with Crippen molar-refractivity contribution in [3.8, 4) is 11.5 Å². The molecule has 0 spiro atoms. The first-order chi connectivity index (χ1) is 15.9. The standard InChI is InChI=1S/C25H19Cl2NO4S/c1-31-22-12-18(6-11-21(22)32-15-17-4-9-20(27)10-5-17)13-23-24(29)28(25(30)33-23)14-16-2-7-19(26)8-3-16/h2-13H,14-15H2,1H3/b23-13-. The molecule has 0 aromatic heterocycles. The van der Waals surface area contributed by atoms with Gasteiger partial charge in [-0.1, -0.05) is 53.5 Å². The molecule has 0 atom stereocenters. The second-order valence-electron chi connectivity index (χ2n) is 7.22. The van der Waals surface area contributed by atoms with E-state index in [-0.39, 0.29) is 17.7 Å². The average Bonchev–Trinajstić information content (AvgIpc) is 3.07. The topological polar surface area (TPSA) is 55.8 Å². The molecule has 4 rings (SSSR count). The summed E-state index contributed by atoms with van der Waals surface area (Å²) in [6, 6.07) is 19.8. The fourth-order valence-corrected chi connectivity index (χ4v) is 4.29. The molecule has 1 saturated heterocycles. The number of imide groups is 1. The zero-order valence-electron chi connectivity index (χ0n) is 17.6. The molecule has 0 N–H and O–H groups in total. The van der Waals surface area contributed by atoms with Gasteiger partial charge in [-0.05, 0) is 70.9 Å². The maximum atomic E-state index is 12.8. The summed E-state index contributed by atoms with van der Waals surface area (Å²) in [7, 11) is 1.55. The van der Waals surface area contributed by atoms with Crippen LogP contribution in [0.3, 0.4) is 0 Å². The number of rotatable bonds is 7. The molecule has 0 unspecified atom stereocenters. The van der Waals surface area contributed by atoms with Crippen LogP contribution in [-0.4, -0.2) is 23.2 Å². The molecule has 0 saturated carbocycles. The van der Waals surface area contributed by atoms with Gasteiger partial charge < -0.3 is 9.47 Å². The number of nitrogens with zero attached hydrogens (tertiary/aromatic N) is 1. The zero-order valence-corrected chi connectivity index (χ0v) is 19.9. The predicted octanol–water partition coefficient (Wildman–Crippen LogP) is 6.82. The van der Waals surface area contributed by atoms with Crippen LogP contribution in [0.5, 0.6) is 11.5 Å². The summed E-state index contributed by atoms with van der Waals surface area (Å²) < 4.78 is 11.3. The highest BCUT2D eigenvalue weighted by Crippen LogP contribution is 2.35. The molecular formula is C25H19Cl2NO4S. The van der Waals surface area contributed by atoms with Gasteiger partial charge in [-0.15, -0.1) is 0 Å². The normalized spacial score (nSPS) is 14.8. The van der Waals surface area contributed by atoms with Gasteiger partial charge in [0.05, 0.1) is 18.6 Å². The van der Waals surface area contributed by atoms with Gasteiger partial charge in [0.1, 0.15) is 6.61 Å². The summed E-state index contributed by atoms with van der Waals surface area (Å²) in [5, 5.41) is 0.955. The lowest BCUT2D eigenvalue weighted by Gasteiger charge is -2.12. The molecule has 1 aliphatic rings. The number of methoxy groups -OCH3 is 1. The second kappa shape index (κ2) is 10.3. The van der Waals surface area contributed by atoms with Crippen molar-refractivity contribution in [3.63, 3.8) is 0 Å². The number of ether oxygens (including phenoxy) is 2. The first-order valence-electron chi connectivity index (χ1n) is 9.98. The molecule has 8 heteroatoms. The van der Waals surface area contributed by atoms with Crippen molar-refractivity contribution in [2.75, 3.05) is 7.11 Å². The molecule has 5 nitrogen and oxygen atoms in total. The lowest BCUT2D eigenvalue weighted by atomic mass is 10.1. The Balaban J connectivity index is 1.47. The third-order valence-corrected chi connectivity index (χ3v) is 6.33. The highest BCUT2D eigenvalue weighted by Gasteiger charge is 2.35. The van der Waals surface area contributed by atoms with Gasteiger partial charge in [0.25, 0.3) is 11.1 Å².